The maximum absolute atomic E-state index is 12.1. The Morgan fingerprint density at radius 3 is 2.21 bits per heavy atom. The van der Waals surface area contributed by atoms with Crippen molar-refractivity contribution in [2.75, 3.05) is 0 Å². The highest BCUT2D eigenvalue weighted by molar-refractivity contribution is 7.81. The second kappa shape index (κ2) is 5.85. The van der Waals surface area contributed by atoms with Gasteiger partial charge in [0.2, 0.25) is 0 Å². The van der Waals surface area contributed by atoms with E-state index in [2.05, 4.69) is 14.2 Å². The summed E-state index contributed by atoms with van der Waals surface area (Å²) in [5, 5.41) is 0. The van der Waals surface area contributed by atoms with Crippen LogP contribution in [0, 0.1) is 0 Å². The van der Waals surface area contributed by atoms with Crippen molar-refractivity contribution in [3.8, 4) is 6.01 Å². The van der Waals surface area contributed by atoms with Gasteiger partial charge in [0.25, 0.3) is 0 Å². The van der Waals surface area contributed by atoms with Gasteiger partial charge >= 0.3 is 22.6 Å². The van der Waals surface area contributed by atoms with E-state index in [-0.39, 0.29) is 11.8 Å². The van der Waals surface area contributed by atoms with Gasteiger partial charge in [0, 0.05) is 6.20 Å². The molecule has 1 aromatic heterocycles. The molecule has 0 aliphatic heterocycles. The Kier molecular flexibility index (Phi) is 4.89. The molecule has 19 heavy (non-hydrogen) atoms. The molecule has 0 N–H and O–H groups in total. The maximum Gasteiger partial charge on any atom is 0.508 e. The lowest BCUT2D eigenvalue weighted by Gasteiger charge is -2.15. The summed E-state index contributed by atoms with van der Waals surface area (Å²) in [4.78, 5) is 7.59. The fraction of sp³-hybridized carbons (Fsp3) is 0.636. The monoisotopic (exact) mass is 296 g/mol. The maximum atomic E-state index is 12.1. The largest absolute Gasteiger partial charge is 0.508 e. The van der Waals surface area contributed by atoms with Crippen molar-refractivity contribution < 1.29 is 21.6 Å². The highest BCUT2D eigenvalue weighted by Gasteiger charge is 2.40. The van der Waals surface area contributed by atoms with Crippen molar-refractivity contribution in [3.63, 3.8) is 0 Å². The highest BCUT2D eigenvalue weighted by atomic mass is 32.2. The van der Waals surface area contributed by atoms with Gasteiger partial charge in [0.05, 0.1) is 5.69 Å². The smallest absolute Gasteiger partial charge is 0.355 e. The Labute approximate surface area is 112 Å². The molecule has 0 spiro atoms. The molecule has 0 amide bonds. The zero-order valence-electron chi connectivity index (χ0n) is 11.0. The number of aromatic nitrogens is 2. The van der Waals surface area contributed by atoms with E-state index < -0.39 is 22.6 Å². The molecule has 0 saturated carbocycles. The van der Waals surface area contributed by atoms with Crippen molar-refractivity contribution in [2.45, 2.75) is 45.0 Å². The SMILES string of the molecule is CC(C)c1cnc(OS(=O)C(F)(F)F)nc1C(C)C. The number of rotatable bonds is 4. The molecule has 0 saturated heterocycles. The molecule has 1 rings (SSSR count). The predicted molar refractivity (Wildman–Crippen MR) is 65.0 cm³/mol. The standard InChI is InChI=1S/C11H15F3N2O2S/c1-6(2)8-5-15-10(16-9(8)7(3)4)18-19(17)11(12,13)14/h5-7H,1-4H3. The average Bonchev–Trinajstić information content (AvgIpc) is 2.27. The van der Waals surface area contributed by atoms with Crippen LogP contribution in [0.15, 0.2) is 6.20 Å². The summed E-state index contributed by atoms with van der Waals surface area (Å²) in [6, 6.07) is -0.524. The van der Waals surface area contributed by atoms with Crippen LogP contribution in [0.25, 0.3) is 0 Å². The summed E-state index contributed by atoms with van der Waals surface area (Å²) < 4.78 is 51.4. The second-order valence-corrected chi connectivity index (χ2v) is 5.67. The van der Waals surface area contributed by atoms with Crippen LogP contribution in [0.1, 0.15) is 50.8 Å². The molecule has 0 aliphatic rings. The van der Waals surface area contributed by atoms with Crippen LogP contribution in [-0.2, 0) is 11.1 Å². The van der Waals surface area contributed by atoms with E-state index in [1.54, 1.807) is 0 Å². The Morgan fingerprint density at radius 1 is 1.21 bits per heavy atom. The fourth-order valence-corrected chi connectivity index (χ4v) is 1.76. The molecular formula is C11H15F3N2O2S. The lowest BCUT2D eigenvalue weighted by Crippen LogP contribution is -2.22. The third-order valence-corrected chi connectivity index (χ3v) is 3.01. The van der Waals surface area contributed by atoms with E-state index in [0.29, 0.717) is 5.69 Å². The third kappa shape index (κ3) is 4.15. The number of hydrogen-bond donors (Lipinski definition) is 0. The van der Waals surface area contributed by atoms with Gasteiger partial charge in [-0.2, -0.15) is 18.2 Å². The molecule has 1 atom stereocenters. The molecule has 1 unspecified atom stereocenters. The average molecular weight is 296 g/mol. The molecule has 0 aliphatic carbocycles. The Bertz CT molecular complexity index is 475. The minimum atomic E-state index is -4.95. The Morgan fingerprint density at radius 2 is 1.79 bits per heavy atom. The number of nitrogens with zero attached hydrogens (tertiary/aromatic N) is 2. The van der Waals surface area contributed by atoms with Crippen LogP contribution in [-0.4, -0.2) is 19.7 Å². The number of hydrogen-bond acceptors (Lipinski definition) is 4. The first-order chi connectivity index (χ1) is 8.62. The lowest BCUT2D eigenvalue weighted by atomic mass is 9.97. The summed E-state index contributed by atoms with van der Waals surface area (Å²) in [5.74, 6) is 0.140. The minimum absolute atomic E-state index is 0.00192. The predicted octanol–water partition coefficient (Wildman–Crippen LogP) is 3.29. The van der Waals surface area contributed by atoms with E-state index in [1.165, 1.54) is 6.20 Å². The summed E-state index contributed by atoms with van der Waals surface area (Å²) in [6.45, 7) is 7.58. The molecule has 1 aromatic rings. The summed E-state index contributed by atoms with van der Waals surface area (Å²) >= 11 is -3.45. The zero-order valence-corrected chi connectivity index (χ0v) is 11.8. The van der Waals surface area contributed by atoms with Crippen molar-refractivity contribution in [3.05, 3.63) is 17.5 Å². The highest BCUT2D eigenvalue weighted by Crippen LogP contribution is 2.27. The van der Waals surface area contributed by atoms with Crippen LogP contribution in [0.5, 0.6) is 6.01 Å². The van der Waals surface area contributed by atoms with E-state index in [0.717, 1.165) is 5.56 Å². The van der Waals surface area contributed by atoms with Crippen LogP contribution in [0.4, 0.5) is 13.2 Å². The third-order valence-electron chi connectivity index (χ3n) is 2.33. The molecule has 0 fully saturated rings. The molecule has 0 bridgehead atoms. The van der Waals surface area contributed by atoms with Crippen LogP contribution < -0.4 is 4.18 Å². The lowest BCUT2D eigenvalue weighted by molar-refractivity contribution is -0.0440. The van der Waals surface area contributed by atoms with Crippen molar-refractivity contribution in [1.29, 1.82) is 0 Å². The summed E-state index contributed by atoms with van der Waals surface area (Å²) in [7, 11) is 0. The first kappa shape index (κ1) is 15.9. The Hall–Kier alpha value is -1.18. The quantitative estimate of drug-likeness (QED) is 0.855. The van der Waals surface area contributed by atoms with Gasteiger partial charge in [-0.3, -0.25) is 0 Å². The summed E-state index contributed by atoms with van der Waals surface area (Å²) in [5.41, 5.74) is -3.52. The van der Waals surface area contributed by atoms with Gasteiger partial charge in [-0.1, -0.05) is 27.7 Å². The Balaban J connectivity index is 3.06. The first-order valence-corrected chi connectivity index (χ1v) is 6.74. The molecule has 8 heteroatoms. The van der Waals surface area contributed by atoms with Gasteiger partial charge in [0.15, 0.2) is 0 Å². The first-order valence-electron chi connectivity index (χ1n) is 5.66. The van der Waals surface area contributed by atoms with E-state index in [4.69, 9.17) is 0 Å². The molecule has 1 heterocycles. The van der Waals surface area contributed by atoms with Gasteiger partial charge in [-0.05, 0) is 17.4 Å². The van der Waals surface area contributed by atoms with Gasteiger partial charge in [-0.15, -0.1) is 0 Å². The van der Waals surface area contributed by atoms with Crippen molar-refractivity contribution >= 4 is 11.1 Å². The summed E-state index contributed by atoms with van der Waals surface area (Å²) in [6.07, 6.45) is 1.41. The topological polar surface area (TPSA) is 52.1 Å². The van der Waals surface area contributed by atoms with Gasteiger partial charge in [-0.25, -0.2) is 9.19 Å². The fourth-order valence-electron chi connectivity index (χ4n) is 1.45. The van der Waals surface area contributed by atoms with Crippen LogP contribution >= 0.6 is 0 Å². The van der Waals surface area contributed by atoms with Gasteiger partial charge in [0.1, 0.15) is 0 Å². The van der Waals surface area contributed by atoms with Gasteiger partial charge < -0.3 is 4.18 Å². The molecule has 0 radical (unpaired) electrons. The molecule has 0 aromatic carbocycles. The van der Waals surface area contributed by atoms with Crippen molar-refractivity contribution in [1.82, 2.24) is 9.97 Å². The van der Waals surface area contributed by atoms with Crippen LogP contribution in [0.2, 0.25) is 0 Å². The van der Waals surface area contributed by atoms with E-state index in [1.807, 2.05) is 27.7 Å². The van der Waals surface area contributed by atoms with E-state index in [9.17, 15) is 17.4 Å². The van der Waals surface area contributed by atoms with Crippen LogP contribution in [0.3, 0.4) is 0 Å². The van der Waals surface area contributed by atoms with E-state index >= 15 is 0 Å². The molecule has 108 valence electrons. The minimum Gasteiger partial charge on any atom is -0.355 e. The number of halogens is 3. The van der Waals surface area contributed by atoms with Crippen molar-refractivity contribution in [2.24, 2.45) is 0 Å². The number of alkyl halides is 3. The normalized spacial score (nSPS) is 13.9. The second-order valence-electron chi connectivity index (χ2n) is 4.57. The molecule has 4 nitrogen and oxygen atoms in total. The zero-order chi connectivity index (χ0) is 14.8. The molecular weight excluding hydrogens is 281 g/mol.